The average Bonchev–Trinajstić information content (AvgIpc) is 3.74. The number of halogens is 1. The number of hydrogen-bond acceptors (Lipinski definition) is 0. The minimum atomic E-state index is -0.0579. The fourth-order valence-electron chi connectivity index (χ4n) is 8.26. The zero-order valence-corrected chi connectivity index (χ0v) is 30.5. The van der Waals surface area contributed by atoms with Crippen molar-refractivity contribution in [1.29, 1.82) is 0 Å². The quantitative estimate of drug-likeness (QED) is 0.126. The van der Waals surface area contributed by atoms with Crippen LogP contribution >= 0.6 is 22.4 Å². The summed E-state index contributed by atoms with van der Waals surface area (Å²) >= 11 is 2.16. The normalized spacial score (nSPS) is 13.0. The molecule has 1 aliphatic carbocycles. The molecular weight excluding hydrogens is 718 g/mol. The van der Waals surface area contributed by atoms with E-state index in [4.69, 9.17) is 0 Å². The Hall–Kier alpha value is -5.07. The molecule has 9 aromatic rings. The minimum Gasteiger partial charge on any atom is -0.309 e. The summed E-state index contributed by atoms with van der Waals surface area (Å²) in [5.74, 6) is 0. The van der Waals surface area contributed by atoms with E-state index in [1.54, 1.807) is 0 Å². The maximum atomic E-state index is 2.46. The van der Waals surface area contributed by atoms with Gasteiger partial charge in [0.1, 0.15) is 0 Å². The summed E-state index contributed by atoms with van der Waals surface area (Å²) in [7, 11) is 0. The predicted octanol–water partition coefficient (Wildman–Crippen LogP) is 12.9. The van der Waals surface area contributed by atoms with Crippen LogP contribution < -0.4 is 0 Å². The number of rotatable bonds is 3. The molecule has 0 amide bonds. The summed E-state index contributed by atoms with van der Waals surface area (Å²) in [4.78, 5) is 0. The summed E-state index contributed by atoms with van der Waals surface area (Å²) < 4.78 is 4.83. The van der Waals surface area contributed by atoms with Crippen molar-refractivity contribution in [2.45, 2.75) is 26.1 Å². The molecule has 7 aromatic carbocycles. The van der Waals surface area contributed by atoms with Crippen LogP contribution in [0.2, 0.25) is 6.82 Å². The van der Waals surface area contributed by atoms with E-state index in [0.29, 0.717) is 0 Å². The summed E-state index contributed by atoms with van der Waals surface area (Å²) in [6.07, 6.45) is 0. The Morgan fingerprint density at radius 2 is 0.920 bits per heavy atom. The first-order chi connectivity index (χ1) is 24.5. The Morgan fingerprint density at radius 3 is 1.56 bits per heavy atom. The van der Waals surface area contributed by atoms with Crippen molar-refractivity contribution in [3.63, 3.8) is 0 Å². The fraction of sp³-hybridized carbons (Fsp3) is 0.0870. The van der Waals surface area contributed by atoms with E-state index in [0.717, 1.165) is 0 Å². The standard InChI is InChI=1S/C45H32N2.CH3BI/c1-45(2)39-19-11-9-17-33(39)35-27-38-37-26-30(22-24-43(37)47(44(38)28-40(35)45)32-15-7-4-8-16-32)29-21-23-42-36(25-29)34-18-10-12-20-41(34)46(42)31-13-5-3-6-14-31;1-2-3/h3-28H,1-2H3;1H3. The smallest absolute Gasteiger partial charge is 0.196 e. The molecule has 0 atom stereocenters. The highest BCUT2D eigenvalue weighted by molar-refractivity contribution is 14.1. The van der Waals surface area contributed by atoms with Gasteiger partial charge in [-0.1, -0.05) is 112 Å². The van der Waals surface area contributed by atoms with Gasteiger partial charge in [-0.15, -0.1) is 0 Å². The Labute approximate surface area is 307 Å². The lowest BCUT2D eigenvalue weighted by Gasteiger charge is -2.21. The molecule has 1 radical (unpaired) electrons. The van der Waals surface area contributed by atoms with Crippen molar-refractivity contribution in [3.8, 4) is 33.6 Å². The first-order valence-electron chi connectivity index (χ1n) is 17.2. The highest BCUT2D eigenvalue weighted by atomic mass is 127. The molecular formula is C46H35BIN2. The number of hydrogen-bond donors (Lipinski definition) is 0. The lowest BCUT2D eigenvalue weighted by molar-refractivity contribution is 0.661. The molecule has 0 saturated heterocycles. The molecule has 10 rings (SSSR count). The van der Waals surface area contributed by atoms with Gasteiger partial charge in [-0.3, -0.25) is 0 Å². The highest BCUT2D eigenvalue weighted by Crippen LogP contribution is 2.51. The summed E-state index contributed by atoms with van der Waals surface area (Å²) in [6, 6.07) is 58.1. The molecule has 0 unspecified atom stereocenters. The monoisotopic (exact) mass is 753 g/mol. The van der Waals surface area contributed by atoms with Gasteiger partial charge in [0.25, 0.3) is 0 Å². The molecule has 0 bridgehead atoms. The van der Waals surface area contributed by atoms with Crippen molar-refractivity contribution >= 4 is 71.1 Å². The van der Waals surface area contributed by atoms with E-state index >= 15 is 0 Å². The van der Waals surface area contributed by atoms with Crippen LogP contribution in [0.15, 0.2) is 158 Å². The molecule has 0 fully saturated rings. The molecule has 1 aliphatic rings. The van der Waals surface area contributed by atoms with Crippen LogP contribution in [0.1, 0.15) is 25.0 Å². The van der Waals surface area contributed by atoms with Crippen LogP contribution in [0.4, 0.5) is 0 Å². The zero-order chi connectivity index (χ0) is 34.0. The van der Waals surface area contributed by atoms with Gasteiger partial charge in [0.15, 0.2) is 5.14 Å². The maximum Gasteiger partial charge on any atom is 0.196 e. The first-order valence-corrected chi connectivity index (χ1v) is 18.5. The Bertz CT molecular complexity index is 2720. The second-order valence-corrected chi connectivity index (χ2v) is 14.9. The van der Waals surface area contributed by atoms with E-state index < -0.39 is 0 Å². The molecule has 2 heterocycles. The van der Waals surface area contributed by atoms with Crippen molar-refractivity contribution < 1.29 is 0 Å². The van der Waals surface area contributed by atoms with Gasteiger partial charge in [-0.05, 0) is 100 Å². The molecule has 239 valence electrons. The van der Waals surface area contributed by atoms with Crippen LogP contribution in [0.25, 0.3) is 77.2 Å². The van der Waals surface area contributed by atoms with Gasteiger partial charge in [0.05, 0.1) is 22.1 Å². The lowest BCUT2D eigenvalue weighted by Crippen LogP contribution is -2.14. The molecule has 0 saturated carbocycles. The number of aromatic nitrogens is 2. The van der Waals surface area contributed by atoms with Crippen LogP contribution in [0.3, 0.4) is 0 Å². The number of nitrogens with zero attached hydrogens (tertiary/aromatic N) is 2. The van der Waals surface area contributed by atoms with Gasteiger partial charge < -0.3 is 9.13 Å². The summed E-state index contributed by atoms with van der Waals surface area (Å²) in [5.41, 5.74) is 15.2. The SMILES string of the molecule is CC1(C)c2ccccc2-c2cc3c4cc(-c5ccc6c(c5)c5ccccc5n6-c5ccccc5)ccc4n(-c4ccccc4)c3cc21.C[B]I. The predicted molar refractivity (Wildman–Crippen MR) is 224 cm³/mol. The molecule has 0 N–H and O–H groups in total. The van der Waals surface area contributed by atoms with Crippen LogP contribution in [0, 0.1) is 0 Å². The molecule has 2 nitrogen and oxygen atoms in total. The molecule has 2 aromatic heterocycles. The highest BCUT2D eigenvalue weighted by Gasteiger charge is 2.36. The topological polar surface area (TPSA) is 9.86 Å². The molecule has 0 aliphatic heterocycles. The lowest BCUT2D eigenvalue weighted by atomic mass is 9.82. The third-order valence-corrected chi connectivity index (χ3v) is 10.5. The van der Waals surface area contributed by atoms with Gasteiger partial charge in [0, 0.05) is 38.3 Å². The van der Waals surface area contributed by atoms with Crippen molar-refractivity contribution in [1.82, 2.24) is 9.13 Å². The summed E-state index contributed by atoms with van der Waals surface area (Å²) in [6.45, 7) is 6.71. The minimum absolute atomic E-state index is 0.0579. The zero-order valence-electron chi connectivity index (χ0n) is 28.4. The molecule has 4 heteroatoms. The van der Waals surface area contributed by atoms with Crippen LogP contribution in [-0.2, 0) is 5.41 Å². The largest absolute Gasteiger partial charge is 0.309 e. The van der Waals surface area contributed by atoms with Crippen molar-refractivity contribution in [2.75, 3.05) is 0 Å². The first kappa shape index (κ1) is 31.0. The summed E-state index contributed by atoms with van der Waals surface area (Å²) in [5, 5.41) is 7.08. The van der Waals surface area contributed by atoms with E-state index in [1.165, 1.54) is 88.4 Å². The number of para-hydroxylation sites is 3. The second kappa shape index (κ2) is 12.1. The Morgan fingerprint density at radius 1 is 0.440 bits per heavy atom. The van der Waals surface area contributed by atoms with Gasteiger partial charge >= 0.3 is 0 Å². The maximum absolute atomic E-state index is 2.46. The third-order valence-electron chi connectivity index (χ3n) is 10.5. The van der Waals surface area contributed by atoms with E-state index in [9.17, 15) is 0 Å². The van der Waals surface area contributed by atoms with Crippen molar-refractivity contribution in [3.05, 3.63) is 169 Å². The number of benzene rings is 7. The van der Waals surface area contributed by atoms with E-state index in [-0.39, 0.29) is 5.41 Å². The van der Waals surface area contributed by atoms with E-state index in [2.05, 4.69) is 203 Å². The third kappa shape index (κ3) is 4.69. The van der Waals surface area contributed by atoms with Gasteiger partial charge in [-0.25, -0.2) is 0 Å². The van der Waals surface area contributed by atoms with Gasteiger partial charge in [0.2, 0.25) is 0 Å². The van der Waals surface area contributed by atoms with Gasteiger partial charge in [-0.2, -0.15) is 22.4 Å². The molecule has 0 spiro atoms. The molecule has 50 heavy (non-hydrogen) atoms. The van der Waals surface area contributed by atoms with Crippen LogP contribution in [-0.4, -0.2) is 14.3 Å². The van der Waals surface area contributed by atoms with Crippen molar-refractivity contribution in [2.24, 2.45) is 0 Å². The second-order valence-electron chi connectivity index (χ2n) is 13.6. The average molecular weight is 754 g/mol. The Kier molecular flexibility index (Phi) is 7.47. The Balaban J connectivity index is 0.00000109. The number of fused-ring (bicyclic) bond motifs is 9. The van der Waals surface area contributed by atoms with Crippen LogP contribution in [0.5, 0.6) is 0 Å². The van der Waals surface area contributed by atoms with E-state index in [1.807, 2.05) is 12.0 Å². The fourth-order valence-corrected chi connectivity index (χ4v) is 8.26.